The van der Waals surface area contributed by atoms with Crippen molar-refractivity contribution in [2.24, 2.45) is 5.92 Å². The van der Waals surface area contributed by atoms with Crippen LogP contribution >= 0.6 is 0 Å². The lowest BCUT2D eigenvalue weighted by Gasteiger charge is -2.16. The smallest absolute Gasteiger partial charge is 0.309 e. The summed E-state index contributed by atoms with van der Waals surface area (Å²) in [6, 6.07) is 5.04. The highest BCUT2D eigenvalue weighted by atomic mass is 16.5. The zero-order chi connectivity index (χ0) is 19.8. The summed E-state index contributed by atoms with van der Waals surface area (Å²) in [6.45, 7) is 0. The van der Waals surface area contributed by atoms with E-state index in [1.165, 1.54) is 21.3 Å². The third kappa shape index (κ3) is 5.54. The molecular formula is C21H26O6. The van der Waals surface area contributed by atoms with Crippen molar-refractivity contribution in [3.8, 4) is 11.5 Å². The Labute approximate surface area is 159 Å². The number of hydrogen-bond acceptors (Lipinski definition) is 6. The second kappa shape index (κ2) is 9.71. The van der Waals surface area contributed by atoms with E-state index in [1.54, 1.807) is 24.3 Å². The molecule has 1 aliphatic carbocycles. The number of ether oxygens (including phenoxy) is 3. The normalized spacial score (nSPS) is 15.0. The van der Waals surface area contributed by atoms with Crippen molar-refractivity contribution in [1.29, 1.82) is 0 Å². The molecule has 146 valence electrons. The van der Waals surface area contributed by atoms with Gasteiger partial charge in [-0.15, -0.1) is 0 Å². The van der Waals surface area contributed by atoms with Gasteiger partial charge in [0, 0.05) is 6.42 Å². The SMILES string of the molecule is COC(=O)C(CCC1=CC(OC)=C(O)CC=C1)Cc1ccc(O)c(OC)c1. The molecule has 0 bridgehead atoms. The fourth-order valence-corrected chi connectivity index (χ4v) is 3.00. The average Bonchev–Trinajstić information content (AvgIpc) is 2.86. The van der Waals surface area contributed by atoms with Crippen molar-refractivity contribution in [3.05, 3.63) is 59.1 Å². The van der Waals surface area contributed by atoms with Crippen LogP contribution in [0, 0.1) is 5.92 Å². The topological polar surface area (TPSA) is 85.2 Å². The molecule has 0 fully saturated rings. The van der Waals surface area contributed by atoms with Crippen molar-refractivity contribution < 1.29 is 29.2 Å². The van der Waals surface area contributed by atoms with E-state index in [-0.39, 0.29) is 23.4 Å². The molecule has 6 nitrogen and oxygen atoms in total. The fraction of sp³-hybridized carbons (Fsp3) is 0.381. The van der Waals surface area contributed by atoms with Crippen LogP contribution in [0.5, 0.6) is 11.5 Å². The minimum absolute atomic E-state index is 0.0586. The lowest BCUT2D eigenvalue weighted by molar-refractivity contribution is -0.145. The first-order valence-electron chi connectivity index (χ1n) is 8.75. The first-order valence-corrected chi connectivity index (χ1v) is 8.75. The summed E-state index contributed by atoms with van der Waals surface area (Å²) in [5.41, 5.74) is 1.84. The van der Waals surface area contributed by atoms with Crippen LogP contribution in [0.1, 0.15) is 24.8 Å². The molecule has 1 aromatic rings. The summed E-state index contributed by atoms with van der Waals surface area (Å²) in [5, 5.41) is 19.6. The zero-order valence-electron chi connectivity index (χ0n) is 15.9. The molecule has 1 aliphatic rings. The molecule has 0 aromatic heterocycles. The zero-order valence-corrected chi connectivity index (χ0v) is 15.9. The van der Waals surface area contributed by atoms with Gasteiger partial charge in [-0.05, 0) is 48.6 Å². The number of esters is 1. The van der Waals surface area contributed by atoms with Crippen molar-refractivity contribution in [1.82, 2.24) is 0 Å². The first-order chi connectivity index (χ1) is 13.0. The number of benzene rings is 1. The molecular weight excluding hydrogens is 348 g/mol. The van der Waals surface area contributed by atoms with Crippen molar-refractivity contribution >= 4 is 5.97 Å². The van der Waals surface area contributed by atoms with E-state index in [0.717, 1.165) is 11.1 Å². The van der Waals surface area contributed by atoms with Gasteiger partial charge < -0.3 is 24.4 Å². The molecule has 2 rings (SSSR count). The molecule has 1 atom stereocenters. The lowest BCUT2D eigenvalue weighted by Crippen LogP contribution is -2.19. The van der Waals surface area contributed by atoms with Gasteiger partial charge >= 0.3 is 5.97 Å². The highest BCUT2D eigenvalue weighted by molar-refractivity contribution is 5.72. The third-order valence-corrected chi connectivity index (χ3v) is 4.51. The van der Waals surface area contributed by atoms with E-state index in [4.69, 9.17) is 14.2 Å². The summed E-state index contributed by atoms with van der Waals surface area (Å²) < 4.78 is 15.3. The van der Waals surface area contributed by atoms with Crippen LogP contribution in [0.4, 0.5) is 0 Å². The standard InChI is InChI=1S/C21H26O6/c1-25-19-12-14(5-4-6-17(19)22)7-9-16(21(24)27-3)11-15-8-10-18(23)20(13-15)26-2/h4-5,8,10,12-13,16,22-23H,6-7,9,11H2,1-3H3. The van der Waals surface area contributed by atoms with E-state index in [0.29, 0.717) is 37.2 Å². The Morgan fingerprint density at radius 3 is 2.63 bits per heavy atom. The predicted octanol–water partition coefficient (Wildman–Crippen LogP) is 3.82. The molecule has 1 aromatic carbocycles. The molecule has 1 unspecified atom stereocenters. The van der Waals surface area contributed by atoms with Gasteiger partial charge in [0.05, 0.1) is 27.2 Å². The monoisotopic (exact) mass is 374 g/mol. The Bertz CT molecular complexity index is 760. The van der Waals surface area contributed by atoms with Gasteiger partial charge in [0.25, 0.3) is 0 Å². The number of carbonyl (C=O) groups excluding carboxylic acids is 1. The van der Waals surface area contributed by atoms with Gasteiger partial charge in [-0.1, -0.05) is 18.2 Å². The summed E-state index contributed by atoms with van der Waals surface area (Å²) in [4.78, 5) is 12.2. The van der Waals surface area contributed by atoms with Gasteiger partial charge in [0.15, 0.2) is 17.3 Å². The molecule has 0 aliphatic heterocycles. The number of phenols is 1. The largest absolute Gasteiger partial charge is 0.508 e. The van der Waals surface area contributed by atoms with E-state index < -0.39 is 0 Å². The number of phenolic OH excluding ortho intramolecular Hbond substituents is 1. The maximum atomic E-state index is 12.2. The summed E-state index contributed by atoms with van der Waals surface area (Å²) in [7, 11) is 4.37. The third-order valence-electron chi connectivity index (χ3n) is 4.51. The van der Waals surface area contributed by atoms with E-state index in [1.807, 2.05) is 12.2 Å². The second-order valence-electron chi connectivity index (χ2n) is 6.31. The molecule has 0 heterocycles. The van der Waals surface area contributed by atoms with Crippen LogP contribution in [0.25, 0.3) is 0 Å². The molecule has 0 saturated carbocycles. The second-order valence-corrected chi connectivity index (χ2v) is 6.31. The van der Waals surface area contributed by atoms with Gasteiger partial charge in [-0.2, -0.15) is 0 Å². The minimum Gasteiger partial charge on any atom is -0.508 e. The summed E-state index contributed by atoms with van der Waals surface area (Å²) in [5.74, 6) is 0.424. The molecule has 0 amide bonds. The maximum Gasteiger partial charge on any atom is 0.309 e. The summed E-state index contributed by atoms with van der Waals surface area (Å²) >= 11 is 0. The number of carbonyl (C=O) groups is 1. The van der Waals surface area contributed by atoms with Gasteiger partial charge in [0.2, 0.25) is 0 Å². The molecule has 0 saturated heterocycles. The summed E-state index contributed by atoms with van der Waals surface area (Å²) in [6.07, 6.45) is 7.67. The van der Waals surface area contributed by atoms with Gasteiger partial charge in [-0.25, -0.2) is 0 Å². The van der Waals surface area contributed by atoms with Crippen molar-refractivity contribution in [3.63, 3.8) is 0 Å². The van der Waals surface area contributed by atoms with Crippen LogP contribution in [0.15, 0.2) is 53.5 Å². The Balaban J connectivity index is 2.12. The number of rotatable bonds is 8. The first kappa shape index (κ1) is 20.4. The lowest BCUT2D eigenvalue weighted by atomic mass is 9.92. The number of hydrogen-bond donors (Lipinski definition) is 2. The molecule has 2 N–H and O–H groups in total. The van der Waals surface area contributed by atoms with Crippen molar-refractivity contribution in [2.75, 3.05) is 21.3 Å². The van der Waals surface area contributed by atoms with Gasteiger partial charge in [0.1, 0.15) is 5.76 Å². The van der Waals surface area contributed by atoms with Gasteiger partial charge in [-0.3, -0.25) is 4.79 Å². The number of aliphatic hydroxyl groups excluding tert-OH is 1. The maximum absolute atomic E-state index is 12.2. The van der Waals surface area contributed by atoms with E-state index >= 15 is 0 Å². The molecule has 0 spiro atoms. The Morgan fingerprint density at radius 1 is 1.19 bits per heavy atom. The van der Waals surface area contributed by atoms with Crippen LogP contribution in [-0.2, 0) is 20.7 Å². The quantitative estimate of drug-likeness (QED) is 0.673. The van der Waals surface area contributed by atoms with E-state index in [2.05, 4.69) is 0 Å². The minimum atomic E-state index is -0.342. The highest BCUT2D eigenvalue weighted by Crippen LogP contribution is 2.29. The fourth-order valence-electron chi connectivity index (χ4n) is 3.00. The molecule has 27 heavy (non-hydrogen) atoms. The molecule has 0 radical (unpaired) electrons. The van der Waals surface area contributed by atoms with Crippen LogP contribution in [-0.4, -0.2) is 37.5 Å². The Hall–Kier alpha value is -2.89. The van der Waals surface area contributed by atoms with Crippen LogP contribution < -0.4 is 4.74 Å². The number of aliphatic hydroxyl groups is 1. The Morgan fingerprint density at radius 2 is 1.96 bits per heavy atom. The predicted molar refractivity (Wildman–Crippen MR) is 102 cm³/mol. The molecule has 6 heteroatoms. The highest BCUT2D eigenvalue weighted by Gasteiger charge is 2.21. The van der Waals surface area contributed by atoms with Crippen LogP contribution in [0.3, 0.4) is 0 Å². The van der Waals surface area contributed by atoms with Crippen molar-refractivity contribution in [2.45, 2.75) is 25.7 Å². The number of methoxy groups -OCH3 is 3. The number of aromatic hydroxyl groups is 1. The van der Waals surface area contributed by atoms with Crippen LogP contribution in [0.2, 0.25) is 0 Å². The average molecular weight is 374 g/mol. The van der Waals surface area contributed by atoms with E-state index in [9.17, 15) is 15.0 Å². The Kier molecular flexibility index (Phi) is 7.34. The number of allylic oxidation sites excluding steroid dienone is 4.